The van der Waals surface area contributed by atoms with Gasteiger partial charge in [-0.05, 0) is 39.3 Å². The van der Waals surface area contributed by atoms with E-state index in [0.717, 1.165) is 25.7 Å². The third-order valence-electron chi connectivity index (χ3n) is 3.45. The molecular weight excluding hydrogens is 200 g/mol. The number of nitrogens with one attached hydrogen (secondary N) is 1. The highest BCUT2D eigenvalue weighted by molar-refractivity contribution is 4.80. The van der Waals surface area contributed by atoms with Crippen molar-refractivity contribution < 1.29 is 4.74 Å². The lowest BCUT2D eigenvalue weighted by atomic mass is 10.0. The maximum absolute atomic E-state index is 5.36. The molecule has 0 aromatic rings. The predicted octanol–water partition coefficient (Wildman–Crippen LogP) is 1.88. The van der Waals surface area contributed by atoms with Gasteiger partial charge in [0.05, 0.1) is 6.10 Å². The fourth-order valence-corrected chi connectivity index (χ4v) is 2.38. The highest BCUT2D eigenvalue weighted by Gasteiger charge is 2.22. The Morgan fingerprint density at radius 3 is 2.94 bits per heavy atom. The van der Waals surface area contributed by atoms with Crippen LogP contribution >= 0.6 is 0 Å². The molecule has 1 N–H and O–H groups in total. The molecule has 96 valence electrons. The molecule has 3 nitrogen and oxygen atoms in total. The summed E-state index contributed by atoms with van der Waals surface area (Å²) in [4.78, 5) is 2.60. The number of ether oxygens (including phenoxy) is 1. The first-order valence-electron chi connectivity index (χ1n) is 6.75. The Morgan fingerprint density at radius 2 is 2.25 bits per heavy atom. The minimum Gasteiger partial charge on any atom is -0.380 e. The van der Waals surface area contributed by atoms with Crippen LogP contribution in [0.25, 0.3) is 0 Å². The molecule has 1 aliphatic heterocycles. The van der Waals surface area contributed by atoms with Crippen LogP contribution in [-0.4, -0.2) is 50.3 Å². The molecule has 0 spiro atoms. The molecule has 1 aliphatic rings. The SMILES string of the molecule is CCCNCC1CCCCN1CC(C)OC. The molecule has 1 rings (SSSR count). The van der Waals surface area contributed by atoms with Crippen LogP contribution in [0, 0.1) is 0 Å². The van der Waals surface area contributed by atoms with Crippen molar-refractivity contribution in [3.05, 3.63) is 0 Å². The van der Waals surface area contributed by atoms with E-state index in [2.05, 4.69) is 24.1 Å². The molecule has 0 aromatic heterocycles. The van der Waals surface area contributed by atoms with Gasteiger partial charge in [-0.25, -0.2) is 0 Å². The monoisotopic (exact) mass is 228 g/mol. The van der Waals surface area contributed by atoms with Gasteiger partial charge in [0.1, 0.15) is 0 Å². The van der Waals surface area contributed by atoms with Gasteiger partial charge in [-0.15, -0.1) is 0 Å². The molecule has 0 aromatic carbocycles. The molecule has 0 aliphatic carbocycles. The first-order valence-corrected chi connectivity index (χ1v) is 6.75. The molecule has 16 heavy (non-hydrogen) atoms. The standard InChI is InChI=1S/C13H28N2O/c1-4-8-14-10-13-7-5-6-9-15(13)11-12(2)16-3/h12-14H,4-11H2,1-3H3. The second-order valence-corrected chi connectivity index (χ2v) is 4.89. The minimum absolute atomic E-state index is 0.353. The largest absolute Gasteiger partial charge is 0.380 e. The smallest absolute Gasteiger partial charge is 0.0670 e. The second kappa shape index (κ2) is 8.04. The van der Waals surface area contributed by atoms with Gasteiger partial charge in [0.2, 0.25) is 0 Å². The van der Waals surface area contributed by atoms with Gasteiger partial charge in [-0.3, -0.25) is 4.90 Å². The van der Waals surface area contributed by atoms with Crippen molar-refractivity contribution in [2.24, 2.45) is 0 Å². The van der Waals surface area contributed by atoms with Crippen molar-refractivity contribution >= 4 is 0 Å². The number of likely N-dealkylation sites (tertiary alicyclic amines) is 1. The van der Waals surface area contributed by atoms with Gasteiger partial charge in [-0.1, -0.05) is 13.3 Å². The molecule has 3 heteroatoms. The quantitative estimate of drug-likeness (QED) is 0.673. The van der Waals surface area contributed by atoms with E-state index in [9.17, 15) is 0 Å². The van der Waals surface area contributed by atoms with Gasteiger partial charge in [-0.2, -0.15) is 0 Å². The van der Waals surface area contributed by atoms with E-state index in [4.69, 9.17) is 4.74 Å². The van der Waals surface area contributed by atoms with E-state index >= 15 is 0 Å². The zero-order chi connectivity index (χ0) is 11.8. The Hall–Kier alpha value is -0.120. The van der Waals surface area contributed by atoms with Crippen LogP contribution in [0.3, 0.4) is 0 Å². The van der Waals surface area contributed by atoms with Crippen molar-refractivity contribution in [1.82, 2.24) is 10.2 Å². The summed E-state index contributed by atoms with van der Waals surface area (Å²) in [6.45, 7) is 8.99. The predicted molar refractivity (Wildman–Crippen MR) is 68.8 cm³/mol. The Bertz CT molecular complexity index is 175. The van der Waals surface area contributed by atoms with Crippen molar-refractivity contribution in [2.45, 2.75) is 51.7 Å². The highest BCUT2D eigenvalue weighted by atomic mass is 16.5. The Balaban J connectivity index is 2.31. The van der Waals surface area contributed by atoms with Gasteiger partial charge >= 0.3 is 0 Å². The summed E-state index contributed by atoms with van der Waals surface area (Å²) in [5.41, 5.74) is 0. The van der Waals surface area contributed by atoms with E-state index in [1.54, 1.807) is 7.11 Å². The Kier molecular flexibility index (Phi) is 7.01. The average Bonchev–Trinajstić information content (AvgIpc) is 2.31. The maximum Gasteiger partial charge on any atom is 0.0670 e. The fourth-order valence-electron chi connectivity index (χ4n) is 2.38. The first kappa shape index (κ1) is 13.9. The summed E-state index contributed by atoms with van der Waals surface area (Å²) in [6.07, 6.45) is 5.65. The zero-order valence-corrected chi connectivity index (χ0v) is 11.2. The average molecular weight is 228 g/mol. The lowest BCUT2D eigenvalue weighted by Crippen LogP contribution is -2.48. The molecule has 1 fully saturated rings. The molecule has 2 atom stereocenters. The molecule has 0 saturated carbocycles. The maximum atomic E-state index is 5.36. The van der Waals surface area contributed by atoms with Crippen molar-refractivity contribution in [3.63, 3.8) is 0 Å². The third kappa shape index (κ3) is 4.81. The summed E-state index contributed by atoms with van der Waals surface area (Å²) < 4.78 is 5.36. The lowest BCUT2D eigenvalue weighted by Gasteiger charge is -2.37. The fraction of sp³-hybridized carbons (Fsp3) is 1.00. The highest BCUT2D eigenvalue weighted by Crippen LogP contribution is 2.17. The molecule has 0 bridgehead atoms. The zero-order valence-electron chi connectivity index (χ0n) is 11.2. The van der Waals surface area contributed by atoms with Gasteiger partial charge in [0.15, 0.2) is 0 Å². The molecule has 0 amide bonds. The van der Waals surface area contributed by atoms with Crippen molar-refractivity contribution in [1.29, 1.82) is 0 Å². The van der Waals surface area contributed by atoms with Crippen LogP contribution in [-0.2, 0) is 4.74 Å². The Morgan fingerprint density at radius 1 is 1.44 bits per heavy atom. The number of methoxy groups -OCH3 is 1. The molecule has 0 radical (unpaired) electrons. The van der Waals surface area contributed by atoms with Crippen LogP contribution < -0.4 is 5.32 Å². The van der Waals surface area contributed by atoms with E-state index in [1.807, 2.05) is 0 Å². The van der Waals surface area contributed by atoms with Crippen LogP contribution in [0.4, 0.5) is 0 Å². The van der Waals surface area contributed by atoms with E-state index in [1.165, 1.54) is 32.2 Å². The molecule has 2 unspecified atom stereocenters. The topological polar surface area (TPSA) is 24.5 Å². The van der Waals surface area contributed by atoms with E-state index in [0.29, 0.717) is 6.10 Å². The van der Waals surface area contributed by atoms with Crippen LogP contribution in [0.1, 0.15) is 39.5 Å². The second-order valence-electron chi connectivity index (χ2n) is 4.89. The minimum atomic E-state index is 0.353. The van der Waals surface area contributed by atoms with Crippen LogP contribution in [0.2, 0.25) is 0 Å². The van der Waals surface area contributed by atoms with E-state index in [-0.39, 0.29) is 0 Å². The van der Waals surface area contributed by atoms with Gasteiger partial charge in [0, 0.05) is 26.2 Å². The summed E-state index contributed by atoms with van der Waals surface area (Å²) in [7, 11) is 1.80. The molecule has 1 saturated heterocycles. The summed E-state index contributed by atoms with van der Waals surface area (Å²) >= 11 is 0. The van der Waals surface area contributed by atoms with Crippen LogP contribution in [0.5, 0.6) is 0 Å². The number of rotatable bonds is 7. The number of nitrogens with zero attached hydrogens (tertiary/aromatic N) is 1. The number of hydrogen-bond acceptors (Lipinski definition) is 3. The van der Waals surface area contributed by atoms with Crippen LogP contribution in [0.15, 0.2) is 0 Å². The van der Waals surface area contributed by atoms with Crippen molar-refractivity contribution in [3.8, 4) is 0 Å². The summed E-state index contributed by atoms with van der Waals surface area (Å²) in [5, 5.41) is 3.54. The van der Waals surface area contributed by atoms with E-state index < -0.39 is 0 Å². The molecule has 1 heterocycles. The number of hydrogen-bond donors (Lipinski definition) is 1. The van der Waals surface area contributed by atoms with Gasteiger partial charge < -0.3 is 10.1 Å². The summed E-state index contributed by atoms with van der Waals surface area (Å²) in [6, 6.07) is 0.720. The van der Waals surface area contributed by atoms with Gasteiger partial charge in [0.25, 0.3) is 0 Å². The normalized spacial score (nSPS) is 24.6. The summed E-state index contributed by atoms with van der Waals surface area (Å²) in [5.74, 6) is 0. The lowest BCUT2D eigenvalue weighted by molar-refractivity contribution is 0.0463. The Labute approximate surface area is 101 Å². The van der Waals surface area contributed by atoms with Crippen molar-refractivity contribution in [2.75, 3.05) is 33.3 Å². The third-order valence-corrected chi connectivity index (χ3v) is 3.45. The first-order chi connectivity index (χ1) is 7.77. The number of piperidine rings is 1. The molecular formula is C13H28N2O.